The van der Waals surface area contributed by atoms with E-state index >= 15 is 0 Å². The Labute approximate surface area is 175 Å². The van der Waals surface area contributed by atoms with Gasteiger partial charge >= 0.3 is 6.18 Å². The molecular formula is C22H28F3N5. The molecule has 0 aliphatic carbocycles. The van der Waals surface area contributed by atoms with E-state index in [-0.39, 0.29) is 6.04 Å². The van der Waals surface area contributed by atoms with Gasteiger partial charge in [0.2, 0.25) is 0 Å². The van der Waals surface area contributed by atoms with Crippen LogP contribution in [0.15, 0.2) is 47.7 Å². The molecule has 1 aromatic carbocycles. The monoisotopic (exact) mass is 419 g/mol. The Bertz CT molecular complexity index is 849. The molecule has 0 radical (unpaired) electrons. The average Bonchev–Trinajstić information content (AvgIpc) is 3.15. The summed E-state index contributed by atoms with van der Waals surface area (Å²) in [6.07, 6.45) is 1.23. The molecule has 0 amide bonds. The summed E-state index contributed by atoms with van der Waals surface area (Å²) in [5.74, 6) is 0.767. The third kappa shape index (κ3) is 6.19. The number of rotatable bonds is 6. The van der Waals surface area contributed by atoms with Gasteiger partial charge in [-0.2, -0.15) is 13.2 Å². The Hall–Kier alpha value is -2.61. The second-order valence-corrected chi connectivity index (χ2v) is 7.61. The zero-order valence-corrected chi connectivity index (χ0v) is 17.3. The standard InChI is InChI=1S/C22H28F3N5/c1-16-13-27-10-7-18(16)8-11-28-21(26-2)29-20-9-12-30(15-20)14-17-3-5-19(6-4-17)22(23,24)25/h3-7,10,13,20H,8-9,11-12,14-15H2,1-2H3,(H2,26,28,29). The van der Waals surface area contributed by atoms with Crippen molar-refractivity contribution in [3.63, 3.8) is 0 Å². The zero-order valence-electron chi connectivity index (χ0n) is 17.3. The number of guanidine groups is 1. The Kier molecular flexibility index (Phi) is 7.31. The van der Waals surface area contributed by atoms with Crippen molar-refractivity contribution in [3.8, 4) is 0 Å². The van der Waals surface area contributed by atoms with Gasteiger partial charge in [-0.15, -0.1) is 0 Å². The molecule has 1 aromatic heterocycles. The second kappa shape index (κ2) is 9.93. The number of aryl methyl sites for hydroxylation is 1. The minimum atomic E-state index is -4.29. The fourth-order valence-corrected chi connectivity index (χ4v) is 3.64. The summed E-state index contributed by atoms with van der Waals surface area (Å²) in [6.45, 7) is 5.19. The number of alkyl halides is 3. The van der Waals surface area contributed by atoms with E-state index in [1.54, 1.807) is 25.4 Å². The molecule has 1 atom stereocenters. The van der Waals surface area contributed by atoms with Crippen LogP contribution in [-0.2, 0) is 19.1 Å². The smallest absolute Gasteiger partial charge is 0.356 e. The summed E-state index contributed by atoms with van der Waals surface area (Å²) >= 11 is 0. The summed E-state index contributed by atoms with van der Waals surface area (Å²) in [4.78, 5) is 10.7. The van der Waals surface area contributed by atoms with Crippen LogP contribution in [0.5, 0.6) is 0 Å². The van der Waals surface area contributed by atoms with Gasteiger partial charge in [0.1, 0.15) is 0 Å². The van der Waals surface area contributed by atoms with Crippen molar-refractivity contribution < 1.29 is 13.2 Å². The summed E-state index contributed by atoms with van der Waals surface area (Å²) in [5, 5.41) is 6.80. The van der Waals surface area contributed by atoms with Crippen LogP contribution in [0.3, 0.4) is 0 Å². The van der Waals surface area contributed by atoms with Crippen LogP contribution in [0.1, 0.15) is 28.7 Å². The van der Waals surface area contributed by atoms with Gasteiger partial charge in [0.25, 0.3) is 0 Å². The molecule has 2 heterocycles. The topological polar surface area (TPSA) is 52.6 Å². The summed E-state index contributed by atoms with van der Waals surface area (Å²) in [6, 6.07) is 7.71. The average molecular weight is 419 g/mol. The number of hydrogen-bond acceptors (Lipinski definition) is 3. The number of aromatic nitrogens is 1. The maximum Gasteiger partial charge on any atom is 0.416 e. The lowest BCUT2D eigenvalue weighted by Gasteiger charge is -2.19. The van der Waals surface area contributed by atoms with Crippen molar-refractivity contribution in [1.82, 2.24) is 20.5 Å². The summed E-state index contributed by atoms with van der Waals surface area (Å²) < 4.78 is 38.1. The molecule has 1 aliphatic heterocycles. The van der Waals surface area contributed by atoms with E-state index in [2.05, 4.69) is 32.4 Å². The summed E-state index contributed by atoms with van der Waals surface area (Å²) in [5.41, 5.74) is 2.72. The Morgan fingerprint density at radius 3 is 2.67 bits per heavy atom. The van der Waals surface area contributed by atoms with Crippen LogP contribution in [-0.4, -0.2) is 48.6 Å². The third-order valence-corrected chi connectivity index (χ3v) is 5.35. The van der Waals surface area contributed by atoms with Gasteiger partial charge in [-0.25, -0.2) is 0 Å². The first-order valence-corrected chi connectivity index (χ1v) is 10.1. The number of aliphatic imine (C=N–C) groups is 1. The first-order chi connectivity index (χ1) is 14.3. The van der Waals surface area contributed by atoms with Gasteiger partial charge in [0, 0.05) is 51.7 Å². The highest BCUT2D eigenvalue weighted by atomic mass is 19.4. The Morgan fingerprint density at radius 1 is 1.23 bits per heavy atom. The van der Waals surface area contributed by atoms with Crippen molar-refractivity contribution >= 4 is 5.96 Å². The van der Waals surface area contributed by atoms with Crippen molar-refractivity contribution in [3.05, 3.63) is 65.0 Å². The fourth-order valence-electron chi connectivity index (χ4n) is 3.64. The molecule has 2 N–H and O–H groups in total. The molecule has 3 rings (SSSR count). The highest BCUT2D eigenvalue weighted by Gasteiger charge is 2.30. The lowest BCUT2D eigenvalue weighted by Crippen LogP contribution is -2.45. The number of pyridine rings is 1. The molecule has 162 valence electrons. The molecule has 0 saturated carbocycles. The lowest BCUT2D eigenvalue weighted by atomic mass is 10.1. The molecule has 1 aliphatic rings. The van der Waals surface area contributed by atoms with E-state index in [4.69, 9.17) is 0 Å². The molecule has 1 fully saturated rings. The van der Waals surface area contributed by atoms with E-state index < -0.39 is 11.7 Å². The third-order valence-electron chi connectivity index (χ3n) is 5.35. The molecule has 0 spiro atoms. The minimum absolute atomic E-state index is 0.258. The van der Waals surface area contributed by atoms with E-state index in [9.17, 15) is 13.2 Å². The maximum absolute atomic E-state index is 12.7. The molecule has 8 heteroatoms. The molecule has 5 nitrogen and oxygen atoms in total. The first-order valence-electron chi connectivity index (χ1n) is 10.1. The molecule has 0 bridgehead atoms. The highest BCUT2D eigenvalue weighted by Crippen LogP contribution is 2.29. The number of hydrogen-bond donors (Lipinski definition) is 2. The maximum atomic E-state index is 12.7. The second-order valence-electron chi connectivity index (χ2n) is 7.61. The van der Waals surface area contributed by atoms with Gasteiger partial charge < -0.3 is 10.6 Å². The van der Waals surface area contributed by atoms with E-state index in [0.29, 0.717) is 6.54 Å². The number of likely N-dealkylation sites (tertiary alicyclic amines) is 1. The largest absolute Gasteiger partial charge is 0.416 e. The summed E-state index contributed by atoms with van der Waals surface area (Å²) in [7, 11) is 1.75. The first kappa shape index (κ1) is 22.1. The van der Waals surface area contributed by atoms with E-state index in [1.165, 1.54) is 11.1 Å². The van der Waals surface area contributed by atoms with Crippen LogP contribution in [0, 0.1) is 6.92 Å². The van der Waals surface area contributed by atoms with Gasteiger partial charge in [-0.05, 0) is 54.7 Å². The molecule has 2 aromatic rings. The van der Waals surface area contributed by atoms with Crippen molar-refractivity contribution in [2.24, 2.45) is 4.99 Å². The van der Waals surface area contributed by atoms with Gasteiger partial charge in [-0.3, -0.25) is 14.9 Å². The van der Waals surface area contributed by atoms with Gasteiger partial charge in [0.05, 0.1) is 5.56 Å². The van der Waals surface area contributed by atoms with Crippen molar-refractivity contribution in [2.75, 3.05) is 26.7 Å². The van der Waals surface area contributed by atoms with Crippen molar-refractivity contribution in [2.45, 2.75) is 38.5 Å². The van der Waals surface area contributed by atoms with Gasteiger partial charge in [-0.1, -0.05) is 12.1 Å². The zero-order chi connectivity index (χ0) is 21.6. The van der Waals surface area contributed by atoms with Crippen LogP contribution in [0.25, 0.3) is 0 Å². The quantitative estimate of drug-likeness (QED) is 0.557. The number of benzene rings is 1. The highest BCUT2D eigenvalue weighted by molar-refractivity contribution is 5.80. The minimum Gasteiger partial charge on any atom is -0.356 e. The van der Waals surface area contributed by atoms with Crippen LogP contribution in [0.2, 0.25) is 0 Å². The van der Waals surface area contributed by atoms with Crippen LogP contribution in [0.4, 0.5) is 13.2 Å². The van der Waals surface area contributed by atoms with Gasteiger partial charge in [0.15, 0.2) is 5.96 Å². The Morgan fingerprint density at radius 2 is 2.00 bits per heavy atom. The number of nitrogens with zero attached hydrogens (tertiary/aromatic N) is 3. The SMILES string of the molecule is CN=C(NCCc1ccncc1C)NC1CCN(Cc2ccc(C(F)(F)F)cc2)C1. The molecule has 30 heavy (non-hydrogen) atoms. The normalized spacial score (nSPS) is 17.9. The van der Waals surface area contributed by atoms with Crippen molar-refractivity contribution in [1.29, 1.82) is 0 Å². The number of nitrogens with one attached hydrogen (secondary N) is 2. The van der Waals surface area contributed by atoms with E-state index in [0.717, 1.165) is 56.1 Å². The van der Waals surface area contributed by atoms with Crippen LogP contribution >= 0.6 is 0 Å². The fraction of sp³-hybridized carbons (Fsp3) is 0.455. The predicted octanol–water partition coefficient (Wildman–Crippen LogP) is 3.39. The molecule has 1 unspecified atom stereocenters. The predicted molar refractivity (Wildman–Crippen MR) is 112 cm³/mol. The number of halogens is 3. The lowest BCUT2D eigenvalue weighted by molar-refractivity contribution is -0.137. The molecular weight excluding hydrogens is 391 g/mol. The molecule has 1 saturated heterocycles. The Balaban J connectivity index is 1.43. The van der Waals surface area contributed by atoms with Crippen LogP contribution < -0.4 is 10.6 Å². The van der Waals surface area contributed by atoms with E-state index in [1.807, 2.05) is 12.3 Å².